The Morgan fingerprint density at radius 1 is 1.00 bits per heavy atom. The molecule has 0 aromatic heterocycles. The molecule has 2 aromatic carbocycles. The van der Waals surface area contributed by atoms with Crippen LogP contribution in [0.2, 0.25) is 0 Å². The number of carbonyl (C=O) groups is 1. The van der Waals surface area contributed by atoms with Gasteiger partial charge in [0.1, 0.15) is 0 Å². The Morgan fingerprint density at radius 3 is 2.20 bits per heavy atom. The van der Waals surface area contributed by atoms with Crippen LogP contribution in [0.4, 0.5) is 16.2 Å². The second-order valence-electron chi connectivity index (χ2n) is 5.09. The van der Waals surface area contributed by atoms with E-state index in [0.29, 0.717) is 5.69 Å². The minimum absolute atomic E-state index is 0.168. The number of benzene rings is 2. The third-order valence-corrected chi connectivity index (χ3v) is 3.55. The molecule has 0 atom stereocenters. The van der Waals surface area contributed by atoms with Crippen molar-refractivity contribution in [2.45, 2.75) is 18.9 Å². The van der Waals surface area contributed by atoms with E-state index < -0.39 is 0 Å². The highest BCUT2D eigenvalue weighted by Gasteiger charge is 2.22. The van der Waals surface area contributed by atoms with Gasteiger partial charge in [0.2, 0.25) is 0 Å². The summed E-state index contributed by atoms with van der Waals surface area (Å²) in [5.41, 5.74) is 9.68. The maximum atomic E-state index is 12.0. The van der Waals surface area contributed by atoms with Gasteiger partial charge in [-0.15, -0.1) is 0 Å². The van der Waals surface area contributed by atoms with Crippen molar-refractivity contribution in [1.29, 1.82) is 0 Å². The van der Waals surface area contributed by atoms with Crippen molar-refractivity contribution in [3.05, 3.63) is 59.7 Å². The Kier molecular flexibility index (Phi) is 3.29. The number of rotatable bonds is 2. The molecule has 0 saturated carbocycles. The molecule has 0 saturated heterocycles. The Balaban J connectivity index is 1.57. The van der Waals surface area contributed by atoms with E-state index in [1.807, 2.05) is 12.1 Å². The molecule has 4 nitrogen and oxygen atoms in total. The fraction of sp³-hybridized carbons (Fsp3) is 0.188. The minimum atomic E-state index is -0.174. The number of nitrogens with two attached hydrogens (primary N) is 1. The topological polar surface area (TPSA) is 67.1 Å². The van der Waals surface area contributed by atoms with Crippen molar-refractivity contribution in [1.82, 2.24) is 5.32 Å². The summed E-state index contributed by atoms with van der Waals surface area (Å²) in [7, 11) is 0. The fourth-order valence-corrected chi connectivity index (χ4v) is 2.58. The molecule has 0 radical (unpaired) electrons. The summed E-state index contributed by atoms with van der Waals surface area (Å²) in [6, 6.07) is 15.4. The summed E-state index contributed by atoms with van der Waals surface area (Å²) in [5.74, 6) is 0. The van der Waals surface area contributed by atoms with Crippen molar-refractivity contribution < 1.29 is 4.79 Å². The van der Waals surface area contributed by atoms with Gasteiger partial charge < -0.3 is 16.4 Å². The summed E-state index contributed by atoms with van der Waals surface area (Å²) in [6.45, 7) is 0. The first-order valence-electron chi connectivity index (χ1n) is 6.70. The van der Waals surface area contributed by atoms with Crippen LogP contribution in [0.1, 0.15) is 11.1 Å². The van der Waals surface area contributed by atoms with E-state index in [2.05, 4.69) is 22.8 Å². The van der Waals surface area contributed by atoms with E-state index in [1.165, 1.54) is 11.1 Å². The average molecular weight is 267 g/mol. The number of hydrogen-bond acceptors (Lipinski definition) is 2. The van der Waals surface area contributed by atoms with E-state index in [4.69, 9.17) is 5.73 Å². The summed E-state index contributed by atoms with van der Waals surface area (Å²) >= 11 is 0. The van der Waals surface area contributed by atoms with Crippen molar-refractivity contribution in [2.24, 2.45) is 0 Å². The van der Waals surface area contributed by atoms with Gasteiger partial charge in [0.25, 0.3) is 0 Å². The van der Waals surface area contributed by atoms with Gasteiger partial charge in [0, 0.05) is 17.4 Å². The van der Waals surface area contributed by atoms with Crippen LogP contribution in [0.15, 0.2) is 48.5 Å². The normalized spacial score (nSPS) is 13.8. The maximum absolute atomic E-state index is 12.0. The molecule has 0 fully saturated rings. The molecule has 1 aliphatic carbocycles. The number of amides is 2. The average Bonchev–Trinajstić information content (AvgIpc) is 2.83. The lowest BCUT2D eigenvalue weighted by atomic mass is 10.1. The van der Waals surface area contributed by atoms with Gasteiger partial charge in [-0.3, -0.25) is 0 Å². The zero-order valence-corrected chi connectivity index (χ0v) is 11.1. The molecular formula is C16H17N3O. The zero-order valence-electron chi connectivity index (χ0n) is 11.1. The van der Waals surface area contributed by atoms with Gasteiger partial charge in [0.15, 0.2) is 0 Å². The molecule has 0 bridgehead atoms. The summed E-state index contributed by atoms with van der Waals surface area (Å²) in [5, 5.41) is 5.82. The molecule has 3 rings (SSSR count). The third kappa shape index (κ3) is 2.74. The number of hydrogen-bond donors (Lipinski definition) is 3. The number of urea groups is 1. The molecule has 4 heteroatoms. The first-order chi connectivity index (χ1) is 9.70. The molecule has 2 aromatic rings. The molecule has 0 aliphatic heterocycles. The maximum Gasteiger partial charge on any atom is 0.319 e. The van der Waals surface area contributed by atoms with Gasteiger partial charge >= 0.3 is 6.03 Å². The molecule has 0 spiro atoms. The summed E-state index contributed by atoms with van der Waals surface area (Å²) in [6.07, 6.45) is 1.79. The van der Waals surface area contributed by atoms with E-state index in [0.717, 1.165) is 18.5 Å². The lowest BCUT2D eigenvalue weighted by Crippen LogP contribution is -2.38. The molecule has 1 aliphatic rings. The van der Waals surface area contributed by atoms with E-state index in [9.17, 15) is 4.79 Å². The second-order valence-corrected chi connectivity index (χ2v) is 5.09. The fourth-order valence-electron chi connectivity index (χ4n) is 2.58. The molecule has 2 amide bonds. The lowest BCUT2D eigenvalue weighted by Gasteiger charge is -2.13. The van der Waals surface area contributed by atoms with Crippen LogP contribution < -0.4 is 16.4 Å². The number of nitrogens with one attached hydrogen (secondary N) is 2. The molecular weight excluding hydrogens is 250 g/mol. The SMILES string of the molecule is Nc1ccc(NC(=O)NC2Cc3ccccc3C2)cc1. The highest BCUT2D eigenvalue weighted by atomic mass is 16.2. The summed E-state index contributed by atoms with van der Waals surface area (Å²) < 4.78 is 0. The number of anilines is 2. The number of nitrogen functional groups attached to an aromatic ring is 1. The Hall–Kier alpha value is -2.49. The Labute approximate surface area is 118 Å². The van der Waals surface area contributed by atoms with Crippen molar-refractivity contribution >= 4 is 17.4 Å². The van der Waals surface area contributed by atoms with Crippen molar-refractivity contribution in [2.75, 3.05) is 11.1 Å². The monoisotopic (exact) mass is 267 g/mol. The predicted octanol–water partition coefficient (Wildman–Crippen LogP) is 2.56. The lowest BCUT2D eigenvalue weighted by molar-refractivity contribution is 0.249. The molecule has 4 N–H and O–H groups in total. The molecule has 0 unspecified atom stereocenters. The predicted molar refractivity (Wildman–Crippen MR) is 80.6 cm³/mol. The second kappa shape index (κ2) is 5.25. The quantitative estimate of drug-likeness (QED) is 0.732. The van der Waals surface area contributed by atoms with Gasteiger partial charge in [0.05, 0.1) is 0 Å². The van der Waals surface area contributed by atoms with Crippen LogP contribution >= 0.6 is 0 Å². The highest BCUT2D eigenvalue weighted by Crippen LogP contribution is 2.21. The van der Waals surface area contributed by atoms with Crippen LogP contribution in [0.25, 0.3) is 0 Å². The van der Waals surface area contributed by atoms with E-state index in [1.54, 1.807) is 24.3 Å². The standard InChI is InChI=1S/C16H17N3O/c17-13-5-7-14(8-6-13)18-16(20)19-15-9-11-3-1-2-4-12(11)10-15/h1-8,15H,9-10,17H2,(H2,18,19,20). The highest BCUT2D eigenvalue weighted by molar-refractivity contribution is 5.89. The van der Waals surface area contributed by atoms with E-state index >= 15 is 0 Å². The molecule has 20 heavy (non-hydrogen) atoms. The van der Waals surface area contributed by atoms with Gasteiger partial charge in [-0.2, -0.15) is 0 Å². The van der Waals surface area contributed by atoms with Crippen LogP contribution in [-0.2, 0) is 12.8 Å². The number of fused-ring (bicyclic) bond motifs is 1. The van der Waals surface area contributed by atoms with Crippen LogP contribution in [0.3, 0.4) is 0 Å². The molecule has 0 heterocycles. The zero-order chi connectivity index (χ0) is 13.9. The first kappa shape index (κ1) is 12.5. The van der Waals surface area contributed by atoms with Crippen LogP contribution in [-0.4, -0.2) is 12.1 Å². The molecule has 102 valence electrons. The Bertz CT molecular complexity index is 597. The first-order valence-corrected chi connectivity index (χ1v) is 6.70. The number of carbonyl (C=O) groups excluding carboxylic acids is 1. The smallest absolute Gasteiger partial charge is 0.319 e. The van der Waals surface area contributed by atoms with Crippen molar-refractivity contribution in [3.63, 3.8) is 0 Å². The van der Waals surface area contributed by atoms with E-state index in [-0.39, 0.29) is 12.1 Å². The Morgan fingerprint density at radius 2 is 1.60 bits per heavy atom. The third-order valence-electron chi connectivity index (χ3n) is 3.55. The van der Waals surface area contributed by atoms with Gasteiger partial charge in [-0.1, -0.05) is 24.3 Å². The largest absolute Gasteiger partial charge is 0.399 e. The van der Waals surface area contributed by atoms with Gasteiger partial charge in [-0.25, -0.2) is 4.79 Å². The summed E-state index contributed by atoms with van der Waals surface area (Å²) in [4.78, 5) is 12.0. The van der Waals surface area contributed by atoms with Crippen molar-refractivity contribution in [3.8, 4) is 0 Å². The van der Waals surface area contributed by atoms with Gasteiger partial charge in [-0.05, 0) is 48.2 Å². The van der Waals surface area contributed by atoms with Crippen LogP contribution in [0, 0.1) is 0 Å². The van der Waals surface area contributed by atoms with Crippen LogP contribution in [0.5, 0.6) is 0 Å². The minimum Gasteiger partial charge on any atom is -0.399 e.